The van der Waals surface area contributed by atoms with Crippen molar-refractivity contribution >= 4 is 25.2 Å². The highest BCUT2D eigenvalue weighted by Crippen LogP contribution is 2.45. The Labute approximate surface area is 209 Å². The standard InChI is InChI=1S/C28H37N5OSi/c1-28(2,3)35(4,5)34-25-17-21(16-20(25)12-14-29)33-15-13-23-26(30-18-31-27(23)33)32-24-11-10-19-8-6-7-9-22(19)24/h6-9,13,15,18,20-21,24-25H,10-12,16-17H2,1-5H3,(H,30,31,32)/t20-,21+,24+,25+/m1/s1. The zero-order valence-corrected chi connectivity index (χ0v) is 22.6. The van der Waals surface area contributed by atoms with Gasteiger partial charge in [-0.2, -0.15) is 5.26 Å². The summed E-state index contributed by atoms with van der Waals surface area (Å²) in [6.45, 7) is 11.4. The number of hydrogen-bond acceptors (Lipinski definition) is 5. The monoisotopic (exact) mass is 487 g/mol. The molecule has 184 valence electrons. The van der Waals surface area contributed by atoms with Gasteiger partial charge in [0.1, 0.15) is 17.8 Å². The molecule has 2 aromatic heterocycles. The van der Waals surface area contributed by atoms with Crippen LogP contribution in [0.5, 0.6) is 0 Å². The van der Waals surface area contributed by atoms with Crippen molar-refractivity contribution in [3.05, 3.63) is 54.0 Å². The predicted molar refractivity (Wildman–Crippen MR) is 143 cm³/mol. The second-order valence-electron chi connectivity index (χ2n) is 11.8. The Morgan fingerprint density at radius 1 is 1.17 bits per heavy atom. The molecule has 0 radical (unpaired) electrons. The SMILES string of the molecule is CC(C)(C)[Si](C)(C)O[C@H]1C[C@@H](n2ccc3c(N[C@H]4CCc5ccccc54)ncnc32)C[C@H]1CC#N. The van der Waals surface area contributed by atoms with E-state index in [1.807, 2.05) is 0 Å². The molecule has 0 spiro atoms. The normalized spacial score (nSPS) is 24.5. The summed E-state index contributed by atoms with van der Waals surface area (Å²) in [7, 11) is -1.92. The summed E-state index contributed by atoms with van der Waals surface area (Å²) in [5, 5.41) is 14.4. The van der Waals surface area contributed by atoms with Crippen LogP contribution < -0.4 is 5.32 Å². The highest BCUT2D eigenvalue weighted by molar-refractivity contribution is 6.74. The van der Waals surface area contributed by atoms with E-state index in [1.54, 1.807) is 6.33 Å². The molecule has 5 rings (SSSR count). The second-order valence-corrected chi connectivity index (χ2v) is 16.5. The number of aryl methyl sites for hydroxylation is 1. The first-order chi connectivity index (χ1) is 16.7. The molecular formula is C28H37N5OSi. The summed E-state index contributed by atoms with van der Waals surface area (Å²) in [5.74, 6) is 1.15. The van der Waals surface area contributed by atoms with E-state index >= 15 is 0 Å². The molecule has 1 N–H and O–H groups in total. The molecule has 6 nitrogen and oxygen atoms in total. The van der Waals surface area contributed by atoms with E-state index < -0.39 is 8.32 Å². The van der Waals surface area contributed by atoms with Gasteiger partial charge in [0.15, 0.2) is 8.32 Å². The van der Waals surface area contributed by atoms with E-state index in [2.05, 4.69) is 96.3 Å². The van der Waals surface area contributed by atoms with Gasteiger partial charge in [0, 0.05) is 18.7 Å². The van der Waals surface area contributed by atoms with Crippen LogP contribution in [0.15, 0.2) is 42.9 Å². The quantitative estimate of drug-likeness (QED) is 0.388. The van der Waals surface area contributed by atoms with Crippen LogP contribution in [0.2, 0.25) is 18.1 Å². The third kappa shape index (κ3) is 4.50. The molecule has 2 heterocycles. The number of benzene rings is 1. The Morgan fingerprint density at radius 3 is 2.74 bits per heavy atom. The van der Waals surface area contributed by atoms with E-state index in [-0.39, 0.29) is 29.1 Å². The average Bonchev–Trinajstić information content (AvgIpc) is 3.51. The lowest BCUT2D eigenvalue weighted by Gasteiger charge is -2.39. The number of nitriles is 1. The molecule has 7 heteroatoms. The Morgan fingerprint density at radius 2 is 1.97 bits per heavy atom. The average molecular weight is 488 g/mol. The topological polar surface area (TPSA) is 75.8 Å². The Balaban J connectivity index is 1.39. The van der Waals surface area contributed by atoms with Gasteiger partial charge in [-0.05, 0) is 66.9 Å². The number of fused-ring (bicyclic) bond motifs is 2. The van der Waals surface area contributed by atoms with Crippen LogP contribution in [0.4, 0.5) is 5.82 Å². The summed E-state index contributed by atoms with van der Waals surface area (Å²) >= 11 is 0. The number of rotatable bonds is 6. The summed E-state index contributed by atoms with van der Waals surface area (Å²) in [6.07, 6.45) is 8.52. The van der Waals surface area contributed by atoms with Crippen LogP contribution in [-0.4, -0.2) is 29.0 Å². The zero-order chi connectivity index (χ0) is 24.8. The predicted octanol–water partition coefficient (Wildman–Crippen LogP) is 6.79. The number of nitrogens with one attached hydrogen (secondary N) is 1. The van der Waals surface area contributed by atoms with Crippen molar-refractivity contribution < 1.29 is 4.43 Å². The van der Waals surface area contributed by atoms with Gasteiger partial charge in [-0.1, -0.05) is 45.0 Å². The molecule has 1 fully saturated rings. The van der Waals surface area contributed by atoms with Crippen molar-refractivity contribution in [1.29, 1.82) is 5.26 Å². The van der Waals surface area contributed by atoms with Crippen molar-refractivity contribution in [3.8, 4) is 6.07 Å². The molecule has 0 amide bonds. The Kier molecular flexibility index (Phi) is 6.22. The summed E-state index contributed by atoms with van der Waals surface area (Å²) in [5.41, 5.74) is 3.76. The van der Waals surface area contributed by atoms with Crippen molar-refractivity contribution in [2.45, 2.75) is 89.2 Å². The molecule has 1 saturated carbocycles. The minimum absolute atomic E-state index is 0.118. The fraction of sp³-hybridized carbons (Fsp3) is 0.536. The lowest BCUT2D eigenvalue weighted by atomic mass is 10.0. The van der Waals surface area contributed by atoms with Crippen LogP contribution in [0.1, 0.15) is 69.7 Å². The van der Waals surface area contributed by atoms with E-state index in [1.165, 1.54) is 11.1 Å². The van der Waals surface area contributed by atoms with Crippen LogP contribution in [0, 0.1) is 17.2 Å². The fourth-order valence-corrected chi connectivity index (χ4v) is 6.97. The highest BCUT2D eigenvalue weighted by atomic mass is 28.4. The van der Waals surface area contributed by atoms with Gasteiger partial charge in [0.2, 0.25) is 0 Å². The Bertz CT molecular complexity index is 1250. The molecule has 0 saturated heterocycles. The van der Waals surface area contributed by atoms with Gasteiger partial charge in [-0.25, -0.2) is 9.97 Å². The maximum atomic E-state index is 9.50. The van der Waals surface area contributed by atoms with Crippen LogP contribution >= 0.6 is 0 Å². The smallest absolute Gasteiger partial charge is 0.192 e. The van der Waals surface area contributed by atoms with Crippen LogP contribution in [0.3, 0.4) is 0 Å². The first-order valence-corrected chi connectivity index (χ1v) is 15.8. The zero-order valence-electron chi connectivity index (χ0n) is 21.6. The minimum atomic E-state index is -1.92. The number of aromatic nitrogens is 3. The third-order valence-corrected chi connectivity index (χ3v) is 13.1. The second kappa shape index (κ2) is 9.07. The first kappa shape index (κ1) is 24.0. The van der Waals surface area contributed by atoms with E-state index in [4.69, 9.17) is 4.43 Å². The van der Waals surface area contributed by atoms with Crippen molar-refractivity contribution in [2.24, 2.45) is 5.92 Å². The van der Waals surface area contributed by atoms with Gasteiger partial charge in [0.05, 0.1) is 23.6 Å². The number of nitrogens with zero attached hydrogens (tertiary/aromatic N) is 4. The highest BCUT2D eigenvalue weighted by Gasteiger charge is 2.44. The van der Waals surface area contributed by atoms with Crippen molar-refractivity contribution in [1.82, 2.24) is 14.5 Å². The van der Waals surface area contributed by atoms with Crippen LogP contribution in [0.25, 0.3) is 11.0 Å². The summed E-state index contributed by atoms with van der Waals surface area (Å²) in [4.78, 5) is 9.31. The molecule has 2 aliphatic carbocycles. The lowest BCUT2D eigenvalue weighted by molar-refractivity contribution is 0.141. The molecule has 3 aromatic rings. The Hall–Kier alpha value is -2.69. The molecule has 0 bridgehead atoms. The lowest BCUT2D eigenvalue weighted by Crippen LogP contribution is -2.44. The van der Waals surface area contributed by atoms with E-state index in [0.29, 0.717) is 6.42 Å². The van der Waals surface area contributed by atoms with Gasteiger partial charge in [0.25, 0.3) is 0 Å². The molecular weight excluding hydrogens is 450 g/mol. The largest absolute Gasteiger partial charge is 0.414 e. The fourth-order valence-electron chi connectivity index (χ4n) is 5.57. The van der Waals surface area contributed by atoms with Gasteiger partial charge in [-0.15, -0.1) is 0 Å². The molecule has 1 aromatic carbocycles. The number of hydrogen-bond donors (Lipinski definition) is 1. The molecule has 35 heavy (non-hydrogen) atoms. The van der Waals surface area contributed by atoms with Crippen LogP contribution in [-0.2, 0) is 10.8 Å². The maximum absolute atomic E-state index is 9.50. The van der Waals surface area contributed by atoms with Gasteiger partial charge >= 0.3 is 0 Å². The molecule has 2 aliphatic rings. The summed E-state index contributed by atoms with van der Waals surface area (Å²) < 4.78 is 9.14. The van der Waals surface area contributed by atoms with Gasteiger partial charge < -0.3 is 14.3 Å². The molecule has 4 atom stereocenters. The third-order valence-electron chi connectivity index (χ3n) is 8.56. The summed E-state index contributed by atoms with van der Waals surface area (Å²) in [6, 6.07) is 13.8. The molecule has 0 unspecified atom stereocenters. The van der Waals surface area contributed by atoms with E-state index in [9.17, 15) is 5.26 Å². The maximum Gasteiger partial charge on any atom is 0.192 e. The van der Waals surface area contributed by atoms with E-state index in [0.717, 1.165) is 42.5 Å². The van der Waals surface area contributed by atoms with Crippen molar-refractivity contribution in [3.63, 3.8) is 0 Å². The first-order valence-electron chi connectivity index (χ1n) is 12.9. The molecule has 0 aliphatic heterocycles. The number of anilines is 1. The van der Waals surface area contributed by atoms with Gasteiger partial charge in [-0.3, -0.25) is 0 Å². The van der Waals surface area contributed by atoms with Crippen molar-refractivity contribution in [2.75, 3.05) is 5.32 Å². The minimum Gasteiger partial charge on any atom is -0.414 e.